The van der Waals surface area contributed by atoms with Crippen LogP contribution >= 0.6 is 23.4 Å². The highest BCUT2D eigenvalue weighted by atomic mass is 35.5. The molecule has 2 aromatic carbocycles. The molecule has 0 aliphatic carbocycles. The average molecular weight is 384 g/mol. The highest BCUT2D eigenvalue weighted by molar-refractivity contribution is 7.98. The SMILES string of the molecule is O=C(CS(=O)(=O)c1ccc(Cl)cc1)NCCSCc1ccccc1. The maximum absolute atomic E-state index is 12.1. The zero-order valence-corrected chi connectivity index (χ0v) is 15.3. The number of amides is 1. The van der Waals surface area contributed by atoms with E-state index in [0.717, 1.165) is 11.5 Å². The van der Waals surface area contributed by atoms with E-state index in [1.165, 1.54) is 29.8 Å². The van der Waals surface area contributed by atoms with Crippen molar-refractivity contribution in [3.63, 3.8) is 0 Å². The molecule has 7 heteroatoms. The van der Waals surface area contributed by atoms with Gasteiger partial charge in [-0.2, -0.15) is 11.8 Å². The van der Waals surface area contributed by atoms with E-state index in [1.54, 1.807) is 11.8 Å². The summed E-state index contributed by atoms with van der Waals surface area (Å²) in [6.45, 7) is 0.437. The Morgan fingerprint density at radius 2 is 1.71 bits per heavy atom. The first-order chi connectivity index (χ1) is 11.5. The highest BCUT2D eigenvalue weighted by Crippen LogP contribution is 2.15. The summed E-state index contributed by atoms with van der Waals surface area (Å²) in [5, 5.41) is 3.09. The number of thioether (sulfide) groups is 1. The van der Waals surface area contributed by atoms with Crippen LogP contribution in [0.1, 0.15) is 5.56 Å². The number of nitrogens with one attached hydrogen (secondary N) is 1. The number of sulfone groups is 1. The lowest BCUT2D eigenvalue weighted by molar-refractivity contribution is -0.118. The van der Waals surface area contributed by atoms with Crippen molar-refractivity contribution in [3.8, 4) is 0 Å². The first kappa shape index (κ1) is 18.8. The van der Waals surface area contributed by atoms with Gasteiger partial charge in [-0.05, 0) is 29.8 Å². The lowest BCUT2D eigenvalue weighted by Gasteiger charge is -2.07. The van der Waals surface area contributed by atoms with Crippen LogP contribution in [0.15, 0.2) is 59.5 Å². The largest absolute Gasteiger partial charge is 0.354 e. The van der Waals surface area contributed by atoms with Crippen LogP contribution in [-0.2, 0) is 20.4 Å². The molecule has 0 unspecified atom stereocenters. The van der Waals surface area contributed by atoms with Crippen LogP contribution in [0.25, 0.3) is 0 Å². The van der Waals surface area contributed by atoms with E-state index < -0.39 is 21.5 Å². The number of carbonyl (C=O) groups excluding carboxylic acids is 1. The minimum Gasteiger partial charge on any atom is -0.354 e. The molecule has 0 heterocycles. The van der Waals surface area contributed by atoms with E-state index >= 15 is 0 Å². The summed E-state index contributed by atoms with van der Waals surface area (Å²) < 4.78 is 24.2. The Hall–Kier alpha value is -1.50. The van der Waals surface area contributed by atoms with E-state index in [1.807, 2.05) is 30.3 Å². The van der Waals surface area contributed by atoms with Crippen molar-refractivity contribution in [1.82, 2.24) is 5.32 Å². The molecule has 0 atom stereocenters. The summed E-state index contributed by atoms with van der Waals surface area (Å²) in [5.41, 5.74) is 1.22. The van der Waals surface area contributed by atoms with E-state index in [9.17, 15) is 13.2 Å². The molecule has 0 saturated heterocycles. The molecule has 4 nitrogen and oxygen atoms in total. The minimum absolute atomic E-state index is 0.0977. The number of carbonyl (C=O) groups is 1. The van der Waals surface area contributed by atoms with Crippen LogP contribution in [0.4, 0.5) is 0 Å². The maximum Gasteiger partial charge on any atom is 0.235 e. The van der Waals surface area contributed by atoms with Crippen LogP contribution in [0.3, 0.4) is 0 Å². The van der Waals surface area contributed by atoms with Gasteiger partial charge in [0.15, 0.2) is 9.84 Å². The van der Waals surface area contributed by atoms with Crippen molar-refractivity contribution in [2.45, 2.75) is 10.6 Å². The molecule has 24 heavy (non-hydrogen) atoms. The molecule has 0 saturated carbocycles. The first-order valence-electron chi connectivity index (χ1n) is 7.34. The van der Waals surface area contributed by atoms with Gasteiger partial charge in [-0.25, -0.2) is 8.42 Å². The van der Waals surface area contributed by atoms with E-state index in [4.69, 9.17) is 11.6 Å². The second kappa shape index (κ2) is 9.11. The Labute approximate surface area is 151 Å². The molecular weight excluding hydrogens is 366 g/mol. The molecule has 0 aliphatic rings. The summed E-state index contributed by atoms with van der Waals surface area (Å²) in [6, 6.07) is 15.8. The van der Waals surface area contributed by atoms with E-state index in [2.05, 4.69) is 5.32 Å². The molecule has 128 valence electrons. The van der Waals surface area contributed by atoms with Gasteiger partial charge in [-0.3, -0.25) is 4.79 Å². The molecule has 1 amide bonds. The van der Waals surface area contributed by atoms with Gasteiger partial charge in [0, 0.05) is 23.1 Å². The van der Waals surface area contributed by atoms with Crippen LogP contribution in [0.2, 0.25) is 5.02 Å². The number of halogens is 1. The number of hydrogen-bond acceptors (Lipinski definition) is 4. The molecule has 1 N–H and O–H groups in total. The normalized spacial score (nSPS) is 11.2. The van der Waals surface area contributed by atoms with Crippen LogP contribution in [0.5, 0.6) is 0 Å². The van der Waals surface area contributed by atoms with Crippen molar-refractivity contribution in [3.05, 3.63) is 65.2 Å². The molecular formula is C17H18ClNO3S2. The van der Waals surface area contributed by atoms with E-state index in [-0.39, 0.29) is 4.90 Å². The summed E-state index contributed by atoms with van der Waals surface area (Å²) in [6.07, 6.45) is 0. The Balaban J connectivity index is 1.72. The van der Waals surface area contributed by atoms with Crippen LogP contribution in [0, 0.1) is 0 Å². The standard InChI is InChI=1S/C17H18ClNO3S2/c18-15-6-8-16(9-7-15)24(21,22)13-17(20)19-10-11-23-12-14-4-2-1-3-5-14/h1-9H,10-13H2,(H,19,20). The van der Waals surface area contributed by atoms with E-state index in [0.29, 0.717) is 11.6 Å². The fraction of sp³-hybridized carbons (Fsp3) is 0.235. The number of hydrogen-bond donors (Lipinski definition) is 1. The Kier molecular flexibility index (Phi) is 7.15. The lowest BCUT2D eigenvalue weighted by Crippen LogP contribution is -2.31. The predicted molar refractivity (Wildman–Crippen MR) is 99.1 cm³/mol. The molecule has 0 spiro atoms. The molecule has 0 radical (unpaired) electrons. The third kappa shape index (κ3) is 6.19. The minimum atomic E-state index is -3.64. The van der Waals surface area contributed by atoms with Gasteiger partial charge in [0.2, 0.25) is 5.91 Å². The molecule has 2 aromatic rings. The average Bonchev–Trinajstić information content (AvgIpc) is 2.55. The molecule has 0 aromatic heterocycles. The molecule has 0 fully saturated rings. The lowest BCUT2D eigenvalue weighted by atomic mass is 10.2. The van der Waals surface area contributed by atoms with Crippen molar-refractivity contribution in [1.29, 1.82) is 0 Å². The maximum atomic E-state index is 12.1. The van der Waals surface area contributed by atoms with Gasteiger partial charge < -0.3 is 5.32 Å². The van der Waals surface area contributed by atoms with Crippen LogP contribution in [-0.4, -0.2) is 32.4 Å². The van der Waals surface area contributed by atoms with Gasteiger partial charge in [0.25, 0.3) is 0 Å². The quantitative estimate of drug-likeness (QED) is 0.711. The van der Waals surface area contributed by atoms with Gasteiger partial charge in [0.05, 0.1) is 4.90 Å². The Morgan fingerprint density at radius 1 is 1.04 bits per heavy atom. The number of rotatable bonds is 8. The van der Waals surface area contributed by atoms with Crippen LogP contribution < -0.4 is 5.32 Å². The predicted octanol–water partition coefficient (Wildman–Crippen LogP) is 3.16. The zero-order chi connectivity index (χ0) is 17.4. The Morgan fingerprint density at radius 3 is 2.38 bits per heavy atom. The molecule has 2 rings (SSSR count). The third-order valence-electron chi connectivity index (χ3n) is 3.17. The molecule has 0 bridgehead atoms. The third-order valence-corrected chi connectivity index (χ3v) is 6.09. The van der Waals surface area contributed by atoms with Crippen molar-refractivity contribution >= 4 is 39.1 Å². The smallest absolute Gasteiger partial charge is 0.235 e. The topological polar surface area (TPSA) is 63.2 Å². The first-order valence-corrected chi connectivity index (χ1v) is 10.5. The van der Waals surface area contributed by atoms with Gasteiger partial charge >= 0.3 is 0 Å². The second-order valence-corrected chi connectivity index (χ2v) is 8.63. The zero-order valence-electron chi connectivity index (χ0n) is 12.9. The van der Waals surface area contributed by atoms with Gasteiger partial charge in [0.1, 0.15) is 5.75 Å². The fourth-order valence-electron chi connectivity index (χ4n) is 1.98. The highest BCUT2D eigenvalue weighted by Gasteiger charge is 2.18. The van der Waals surface area contributed by atoms with Gasteiger partial charge in [-0.1, -0.05) is 41.9 Å². The summed E-state index contributed by atoms with van der Waals surface area (Å²) >= 11 is 7.42. The van der Waals surface area contributed by atoms with Crippen molar-refractivity contribution in [2.75, 3.05) is 18.1 Å². The summed E-state index contributed by atoms with van der Waals surface area (Å²) in [5.74, 6) is 0.532. The summed E-state index contributed by atoms with van der Waals surface area (Å²) in [4.78, 5) is 11.9. The Bertz CT molecular complexity index is 762. The molecule has 0 aliphatic heterocycles. The second-order valence-electron chi connectivity index (χ2n) is 5.10. The van der Waals surface area contributed by atoms with Crippen molar-refractivity contribution < 1.29 is 13.2 Å². The summed E-state index contributed by atoms with van der Waals surface area (Å²) in [7, 11) is -3.64. The fourth-order valence-corrected chi connectivity index (χ4v) is 4.09. The van der Waals surface area contributed by atoms with Gasteiger partial charge in [-0.15, -0.1) is 0 Å². The monoisotopic (exact) mass is 383 g/mol. The number of benzene rings is 2. The van der Waals surface area contributed by atoms with Crippen molar-refractivity contribution in [2.24, 2.45) is 0 Å².